The van der Waals surface area contributed by atoms with E-state index >= 15 is 0 Å². The number of carboxylic acids is 1. The Morgan fingerprint density at radius 2 is 1.65 bits per heavy atom. The number of ether oxygens (including phenoxy) is 1. The van der Waals surface area contributed by atoms with Crippen molar-refractivity contribution in [3.8, 4) is 5.75 Å². The standard InChI is InChI=1S/C20H20ClNO4/c21-16-6-8-17(9-7-16)26-14-18(23)22-12-10-20(11-13-22,19(24)25)15-4-2-1-3-5-15/h1-9H,10-14H2,(H,24,25). The van der Waals surface area contributed by atoms with Gasteiger partial charge in [-0.3, -0.25) is 9.59 Å². The lowest BCUT2D eigenvalue weighted by molar-refractivity contribution is -0.148. The SMILES string of the molecule is O=C(COc1ccc(Cl)cc1)N1CCC(C(=O)O)(c2ccccc2)CC1. The van der Waals surface area contributed by atoms with E-state index in [0.29, 0.717) is 36.7 Å². The van der Waals surface area contributed by atoms with Gasteiger partial charge in [0, 0.05) is 18.1 Å². The molecule has 1 N–H and O–H groups in total. The molecule has 0 unspecified atom stereocenters. The van der Waals surface area contributed by atoms with E-state index in [2.05, 4.69) is 0 Å². The number of likely N-dealkylation sites (tertiary alicyclic amines) is 1. The molecule has 1 heterocycles. The molecular formula is C20H20ClNO4. The summed E-state index contributed by atoms with van der Waals surface area (Å²) in [6.07, 6.45) is 0.776. The Balaban J connectivity index is 1.60. The van der Waals surface area contributed by atoms with Crippen molar-refractivity contribution < 1.29 is 19.4 Å². The third kappa shape index (κ3) is 3.83. The van der Waals surface area contributed by atoms with Crippen molar-refractivity contribution in [3.63, 3.8) is 0 Å². The van der Waals surface area contributed by atoms with Crippen LogP contribution in [0.25, 0.3) is 0 Å². The molecule has 5 nitrogen and oxygen atoms in total. The maximum Gasteiger partial charge on any atom is 0.314 e. The topological polar surface area (TPSA) is 66.8 Å². The number of nitrogens with zero attached hydrogens (tertiary/aromatic N) is 1. The fraction of sp³-hybridized carbons (Fsp3) is 0.300. The summed E-state index contributed by atoms with van der Waals surface area (Å²) in [6.45, 7) is 0.709. The average Bonchev–Trinajstić information content (AvgIpc) is 2.68. The van der Waals surface area contributed by atoms with Crippen LogP contribution in [-0.2, 0) is 15.0 Å². The summed E-state index contributed by atoms with van der Waals surface area (Å²) >= 11 is 5.82. The summed E-state index contributed by atoms with van der Waals surface area (Å²) in [6, 6.07) is 16.0. The van der Waals surface area contributed by atoms with Crippen LogP contribution in [0.15, 0.2) is 54.6 Å². The Bertz CT molecular complexity index is 768. The number of aliphatic carboxylic acids is 1. The Kier molecular flexibility index (Phi) is 5.47. The van der Waals surface area contributed by atoms with Crippen LogP contribution in [0.4, 0.5) is 0 Å². The van der Waals surface area contributed by atoms with Crippen LogP contribution < -0.4 is 4.74 Å². The average molecular weight is 374 g/mol. The van der Waals surface area contributed by atoms with E-state index < -0.39 is 11.4 Å². The first-order valence-corrected chi connectivity index (χ1v) is 8.84. The summed E-state index contributed by atoms with van der Waals surface area (Å²) < 4.78 is 5.49. The smallest absolute Gasteiger partial charge is 0.314 e. The monoisotopic (exact) mass is 373 g/mol. The second-order valence-electron chi connectivity index (χ2n) is 6.38. The molecule has 0 aliphatic carbocycles. The number of hydrogen-bond acceptors (Lipinski definition) is 3. The highest BCUT2D eigenvalue weighted by molar-refractivity contribution is 6.30. The number of carbonyl (C=O) groups excluding carboxylic acids is 1. The second kappa shape index (κ2) is 7.79. The van der Waals surface area contributed by atoms with Crippen LogP contribution in [0.5, 0.6) is 5.75 Å². The van der Waals surface area contributed by atoms with Crippen LogP contribution >= 0.6 is 11.6 Å². The van der Waals surface area contributed by atoms with E-state index in [1.54, 1.807) is 29.2 Å². The van der Waals surface area contributed by atoms with E-state index in [1.165, 1.54) is 0 Å². The van der Waals surface area contributed by atoms with Crippen molar-refractivity contribution in [2.24, 2.45) is 0 Å². The number of carbonyl (C=O) groups is 2. The van der Waals surface area contributed by atoms with Crippen LogP contribution in [0.3, 0.4) is 0 Å². The minimum absolute atomic E-state index is 0.0763. The third-order valence-electron chi connectivity index (χ3n) is 4.88. The Morgan fingerprint density at radius 1 is 1.04 bits per heavy atom. The largest absolute Gasteiger partial charge is 0.484 e. The first-order chi connectivity index (χ1) is 12.5. The van der Waals surface area contributed by atoms with Gasteiger partial charge in [0.15, 0.2) is 6.61 Å². The molecule has 0 saturated carbocycles. The molecule has 1 aliphatic heterocycles. The van der Waals surface area contributed by atoms with Crippen LogP contribution in [0.2, 0.25) is 5.02 Å². The van der Waals surface area contributed by atoms with Gasteiger partial charge in [-0.2, -0.15) is 0 Å². The van der Waals surface area contributed by atoms with Crippen LogP contribution in [0.1, 0.15) is 18.4 Å². The highest BCUT2D eigenvalue weighted by Gasteiger charge is 2.43. The molecule has 2 aromatic rings. The molecule has 1 amide bonds. The van der Waals surface area contributed by atoms with Gasteiger partial charge in [0.2, 0.25) is 0 Å². The highest BCUT2D eigenvalue weighted by Crippen LogP contribution is 2.36. The molecule has 1 fully saturated rings. The van der Waals surface area contributed by atoms with Gasteiger partial charge in [-0.15, -0.1) is 0 Å². The number of hydrogen-bond donors (Lipinski definition) is 1. The van der Waals surface area contributed by atoms with Gasteiger partial charge in [-0.25, -0.2) is 0 Å². The van der Waals surface area contributed by atoms with Crippen molar-refractivity contribution in [2.75, 3.05) is 19.7 Å². The summed E-state index contributed by atoms with van der Waals surface area (Å²) in [5.74, 6) is -0.413. The number of benzene rings is 2. The maximum atomic E-state index is 12.4. The summed E-state index contributed by atoms with van der Waals surface area (Å²) in [4.78, 5) is 26.0. The number of amides is 1. The number of carboxylic acid groups (broad SMARTS) is 1. The minimum atomic E-state index is -0.935. The first-order valence-electron chi connectivity index (χ1n) is 8.46. The molecule has 1 saturated heterocycles. The lowest BCUT2D eigenvalue weighted by Crippen LogP contribution is -2.50. The van der Waals surface area contributed by atoms with Gasteiger partial charge in [-0.05, 0) is 42.7 Å². The highest BCUT2D eigenvalue weighted by atomic mass is 35.5. The van der Waals surface area contributed by atoms with E-state index in [0.717, 1.165) is 5.56 Å². The first kappa shape index (κ1) is 18.3. The van der Waals surface area contributed by atoms with E-state index in [1.807, 2.05) is 30.3 Å². The van der Waals surface area contributed by atoms with Gasteiger partial charge in [0.25, 0.3) is 5.91 Å². The van der Waals surface area contributed by atoms with Crippen molar-refractivity contribution in [1.82, 2.24) is 4.90 Å². The van der Waals surface area contributed by atoms with Crippen molar-refractivity contribution in [3.05, 3.63) is 65.2 Å². The molecule has 0 aromatic heterocycles. The van der Waals surface area contributed by atoms with Crippen molar-refractivity contribution >= 4 is 23.5 Å². The fourth-order valence-corrected chi connectivity index (χ4v) is 3.41. The molecule has 0 spiro atoms. The normalized spacial score (nSPS) is 16.1. The number of halogens is 1. The van der Waals surface area contributed by atoms with E-state index in [4.69, 9.17) is 16.3 Å². The minimum Gasteiger partial charge on any atom is -0.484 e. The molecule has 1 aliphatic rings. The number of piperidine rings is 1. The third-order valence-corrected chi connectivity index (χ3v) is 5.13. The maximum absolute atomic E-state index is 12.4. The zero-order valence-corrected chi connectivity index (χ0v) is 15.0. The fourth-order valence-electron chi connectivity index (χ4n) is 3.29. The second-order valence-corrected chi connectivity index (χ2v) is 6.81. The summed E-state index contributed by atoms with van der Waals surface area (Å²) in [5, 5.41) is 10.4. The van der Waals surface area contributed by atoms with Gasteiger partial charge >= 0.3 is 5.97 Å². The molecule has 0 atom stereocenters. The zero-order chi connectivity index (χ0) is 18.6. The van der Waals surface area contributed by atoms with Crippen LogP contribution in [0, 0.1) is 0 Å². The Labute approximate surface area is 157 Å². The molecule has 2 aromatic carbocycles. The Morgan fingerprint density at radius 3 is 2.23 bits per heavy atom. The lowest BCUT2D eigenvalue weighted by Gasteiger charge is -2.39. The van der Waals surface area contributed by atoms with Gasteiger partial charge in [-0.1, -0.05) is 41.9 Å². The predicted molar refractivity (Wildman–Crippen MR) is 98.5 cm³/mol. The van der Waals surface area contributed by atoms with E-state index in [-0.39, 0.29) is 12.5 Å². The number of rotatable bonds is 5. The van der Waals surface area contributed by atoms with E-state index in [9.17, 15) is 14.7 Å². The predicted octanol–water partition coefficient (Wildman–Crippen LogP) is 3.36. The molecule has 3 rings (SSSR count). The van der Waals surface area contributed by atoms with Crippen LogP contribution in [-0.4, -0.2) is 41.6 Å². The summed E-state index contributed by atoms with van der Waals surface area (Å²) in [5.41, 5.74) is -0.147. The molecule has 26 heavy (non-hydrogen) atoms. The summed E-state index contributed by atoms with van der Waals surface area (Å²) in [7, 11) is 0. The van der Waals surface area contributed by atoms with Gasteiger partial charge in [0.05, 0.1) is 5.41 Å². The molecule has 0 bridgehead atoms. The van der Waals surface area contributed by atoms with Crippen molar-refractivity contribution in [2.45, 2.75) is 18.3 Å². The lowest BCUT2D eigenvalue weighted by atomic mass is 9.73. The van der Waals surface area contributed by atoms with Crippen molar-refractivity contribution in [1.29, 1.82) is 0 Å². The van der Waals surface area contributed by atoms with Gasteiger partial charge < -0.3 is 14.7 Å². The Hall–Kier alpha value is -2.53. The van der Waals surface area contributed by atoms with Gasteiger partial charge in [0.1, 0.15) is 5.75 Å². The quantitative estimate of drug-likeness (QED) is 0.872. The molecular weight excluding hydrogens is 354 g/mol. The molecule has 6 heteroatoms. The molecule has 0 radical (unpaired) electrons. The molecule has 136 valence electrons. The zero-order valence-electron chi connectivity index (χ0n) is 14.2.